The van der Waals surface area contributed by atoms with Crippen molar-refractivity contribution in [1.82, 2.24) is 0 Å². The van der Waals surface area contributed by atoms with Crippen LogP contribution >= 0.6 is 39.1 Å². The number of alkyl halides is 1. The molecule has 0 bridgehead atoms. The van der Waals surface area contributed by atoms with E-state index in [2.05, 4.69) is 15.9 Å². The topological polar surface area (TPSA) is 52.4 Å². The van der Waals surface area contributed by atoms with Gasteiger partial charge >= 0.3 is 5.69 Å². The SMILES string of the molecule is O=[N+]([O-])c1cc(Cl)cc(Br)c1OCCCCCCCl. The number of nitro groups is 1. The lowest BCUT2D eigenvalue weighted by Crippen LogP contribution is -2.01. The predicted octanol–water partition coefficient (Wildman–Crippen LogP) is 5.19. The third-order valence-corrected chi connectivity index (χ3v) is 3.53. The molecule has 19 heavy (non-hydrogen) atoms. The van der Waals surface area contributed by atoms with Gasteiger partial charge in [0.1, 0.15) is 0 Å². The fraction of sp³-hybridized carbons (Fsp3) is 0.500. The van der Waals surface area contributed by atoms with Crippen LogP contribution in [0.15, 0.2) is 16.6 Å². The molecule has 1 aromatic rings. The van der Waals surface area contributed by atoms with Crippen LogP contribution in [-0.4, -0.2) is 17.4 Å². The summed E-state index contributed by atoms with van der Waals surface area (Å²) in [6.07, 6.45) is 3.85. The number of unbranched alkanes of at least 4 members (excludes halogenated alkanes) is 3. The fourth-order valence-electron chi connectivity index (χ4n) is 1.55. The van der Waals surface area contributed by atoms with E-state index in [-0.39, 0.29) is 11.4 Å². The quantitative estimate of drug-likeness (QED) is 0.274. The Morgan fingerprint density at radius 2 is 1.95 bits per heavy atom. The molecule has 1 aromatic carbocycles. The summed E-state index contributed by atoms with van der Waals surface area (Å²) < 4.78 is 5.98. The Morgan fingerprint density at radius 1 is 1.26 bits per heavy atom. The number of halogens is 3. The molecule has 0 aliphatic rings. The maximum absolute atomic E-state index is 10.9. The Kier molecular flexibility index (Phi) is 7.49. The molecule has 0 aromatic heterocycles. The highest BCUT2D eigenvalue weighted by Gasteiger charge is 2.19. The Balaban J connectivity index is 2.59. The summed E-state index contributed by atoms with van der Waals surface area (Å²) in [5, 5.41) is 11.2. The Bertz CT molecular complexity index is 443. The highest BCUT2D eigenvalue weighted by atomic mass is 79.9. The van der Waals surface area contributed by atoms with Gasteiger partial charge in [0.15, 0.2) is 0 Å². The van der Waals surface area contributed by atoms with Gasteiger partial charge in [0.05, 0.1) is 16.0 Å². The number of hydrogen-bond donors (Lipinski definition) is 0. The molecule has 0 saturated carbocycles. The molecule has 106 valence electrons. The zero-order chi connectivity index (χ0) is 14.3. The van der Waals surface area contributed by atoms with Crippen molar-refractivity contribution in [2.45, 2.75) is 25.7 Å². The van der Waals surface area contributed by atoms with Crippen molar-refractivity contribution in [2.75, 3.05) is 12.5 Å². The molecule has 0 aliphatic carbocycles. The van der Waals surface area contributed by atoms with E-state index in [4.69, 9.17) is 27.9 Å². The highest BCUT2D eigenvalue weighted by molar-refractivity contribution is 9.10. The zero-order valence-corrected chi connectivity index (χ0v) is 13.3. The third-order valence-electron chi connectivity index (χ3n) is 2.46. The first-order valence-electron chi connectivity index (χ1n) is 5.88. The normalized spacial score (nSPS) is 10.5. The standard InChI is InChI=1S/C12H14BrCl2NO3/c13-10-7-9(15)8-11(16(17)18)12(10)19-6-4-2-1-3-5-14/h7-8H,1-6H2. The first kappa shape index (κ1) is 16.5. The van der Waals surface area contributed by atoms with Gasteiger partial charge in [-0.25, -0.2) is 0 Å². The summed E-state index contributed by atoms with van der Waals surface area (Å²) in [5.41, 5.74) is -0.125. The van der Waals surface area contributed by atoms with Crippen molar-refractivity contribution in [1.29, 1.82) is 0 Å². The molecule has 0 heterocycles. The smallest absolute Gasteiger partial charge is 0.313 e. The molecule has 0 saturated heterocycles. The molecule has 0 unspecified atom stereocenters. The van der Waals surface area contributed by atoms with Crippen LogP contribution in [0.3, 0.4) is 0 Å². The van der Waals surface area contributed by atoms with E-state index in [0.717, 1.165) is 25.7 Å². The molecular formula is C12H14BrCl2NO3. The second kappa shape index (κ2) is 8.61. The average Bonchev–Trinajstić information content (AvgIpc) is 2.34. The number of nitro benzene ring substituents is 1. The molecule has 0 fully saturated rings. The van der Waals surface area contributed by atoms with E-state index in [9.17, 15) is 10.1 Å². The summed E-state index contributed by atoms with van der Waals surface area (Å²) >= 11 is 14.6. The van der Waals surface area contributed by atoms with Crippen molar-refractivity contribution in [2.24, 2.45) is 0 Å². The van der Waals surface area contributed by atoms with E-state index in [1.54, 1.807) is 6.07 Å². The van der Waals surface area contributed by atoms with Gasteiger partial charge < -0.3 is 4.74 Å². The molecule has 0 atom stereocenters. The van der Waals surface area contributed by atoms with Crippen LogP contribution in [0.4, 0.5) is 5.69 Å². The van der Waals surface area contributed by atoms with Crippen LogP contribution in [0.25, 0.3) is 0 Å². The van der Waals surface area contributed by atoms with Gasteiger partial charge in [-0.15, -0.1) is 11.6 Å². The lowest BCUT2D eigenvalue weighted by atomic mass is 10.2. The monoisotopic (exact) mass is 369 g/mol. The largest absolute Gasteiger partial charge is 0.486 e. The van der Waals surface area contributed by atoms with E-state index in [0.29, 0.717) is 22.0 Å². The second-order valence-corrected chi connectivity index (χ2v) is 5.61. The minimum absolute atomic E-state index is 0.125. The summed E-state index contributed by atoms with van der Waals surface area (Å²) in [7, 11) is 0. The van der Waals surface area contributed by atoms with Crippen molar-refractivity contribution in [3.8, 4) is 5.75 Å². The molecule has 0 aliphatic heterocycles. The van der Waals surface area contributed by atoms with Gasteiger partial charge in [-0.05, 0) is 34.8 Å². The fourth-order valence-corrected chi connectivity index (χ4v) is 2.65. The lowest BCUT2D eigenvalue weighted by Gasteiger charge is -2.09. The number of rotatable bonds is 8. The maximum atomic E-state index is 10.9. The second-order valence-electron chi connectivity index (χ2n) is 3.94. The van der Waals surface area contributed by atoms with Crippen LogP contribution in [-0.2, 0) is 0 Å². The van der Waals surface area contributed by atoms with Crippen LogP contribution in [0.2, 0.25) is 5.02 Å². The van der Waals surface area contributed by atoms with Crippen molar-refractivity contribution < 1.29 is 9.66 Å². The van der Waals surface area contributed by atoms with Crippen molar-refractivity contribution >= 4 is 44.8 Å². The van der Waals surface area contributed by atoms with E-state index >= 15 is 0 Å². The molecule has 0 radical (unpaired) electrons. The molecule has 4 nitrogen and oxygen atoms in total. The van der Waals surface area contributed by atoms with Crippen molar-refractivity contribution in [3.05, 3.63) is 31.7 Å². The number of benzene rings is 1. The lowest BCUT2D eigenvalue weighted by molar-refractivity contribution is -0.385. The Morgan fingerprint density at radius 3 is 2.58 bits per heavy atom. The van der Waals surface area contributed by atoms with E-state index in [1.165, 1.54) is 6.07 Å². The number of nitrogens with zero attached hydrogens (tertiary/aromatic N) is 1. The van der Waals surface area contributed by atoms with Gasteiger partial charge in [-0.3, -0.25) is 10.1 Å². The van der Waals surface area contributed by atoms with Crippen LogP contribution in [0.1, 0.15) is 25.7 Å². The molecular weight excluding hydrogens is 357 g/mol. The number of ether oxygens (including phenoxy) is 1. The summed E-state index contributed by atoms with van der Waals surface area (Å²) in [6.45, 7) is 0.434. The first-order chi connectivity index (χ1) is 9.06. The molecule has 7 heteroatoms. The van der Waals surface area contributed by atoms with Gasteiger partial charge in [0.2, 0.25) is 5.75 Å². The van der Waals surface area contributed by atoms with E-state index < -0.39 is 4.92 Å². The minimum Gasteiger partial charge on any atom is -0.486 e. The minimum atomic E-state index is -0.501. The maximum Gasteiger partial charge on any atom is 0.313 e. The summed E-state index contributed by atoms with van der Waals surface area (Å²) in [6, 6.07) is 2.87. The van der Waals surface area contributed by atoms with Crippen LogP contribution < -0.4 is 4.74 Å². The summed E-state index contributed by atoms with van der Waals surface area (Å²) in [5.74, 6) is 0.890. The summed E-state index contributed by atoms with van der Waals surface area (Å²) in [4.78, 5) is 10.4. The average molecular weight is 371 g/mol. The highest BCUT2D eigenvalue weighted by Crippen LogP contribution is 2.37. The third kappa shape index (κ3) is 5.55. The Hall–Kier alpha value is -0.520. The van der Waals surface area contributed by atoms with Gasteiger partial charge in [0.25, 0.3) is 0 Å². The van der Waals surface area contributed by atoms with Crippen LogP contribution in [0.5, 0.6) is 5.75 Å². The van der Waals surface area contributed by atoms with Crippen molar-refractivity contribution in [3.63, 3.8) is 0 Å². The molecule has 1 rings (SSSR count). The molecule has 0 N–H and O–H groups in total. The predicted molar refractivity (Wildman–Crippen MR) is 80.5 cm³/mol. The molecule has 0 spiro atoms. The van der Waals surface area contributed by atoms with E-state index in [1.807, 2.05) is 0 Å². The van der Waals surface area contributed by atoms with Gasteiger partial charge in [-0.1, -0.05) is 24.4 Å². The Labute approximate surface area is 130 Å². The van der Waals surface area contributed by atoms with Crippen LogP contribution in [0, 0.1) is 10.1 Å². The van der Waals surface area contributed by atoms with Gasteiger partial charge in [0, 0.05) is 17.0 Å². The first-order valence-corrected chi connectivity index (χ1v) is 7.59. The number of hydrogen-bond acceptors (Lipinski definition) is 3. The zero-order valence-electron chi connectivity index (χ0n) is 10.2. The van der Waals surface area contributed by atoms with Gasteiger partial charge in [-0.2, -0.15) is 0 Å². The molecule has 0 amide bonds.